The van der Waals surface area contributed by atoms with E-state index in [0.29, 0.717) is 5.89 Å². The Balaban J connectivity index is 2.33. The maximum atomic E-state index is 5.17. The average molecular weight is 172 g/mol. The first-order valence-corrected chi connectivity index (χ1v) is 4.18. The van der Waals surface area contributed by atoms with Gasteiger partial charge < -0.3 is 4.42 Å². The van der Waals surface area contributed by atoms with Crippen LogP contribution in [0.2, 0.25) is 0 Å². The van der Waals surface area contributed by atoms with Crippen molar-refractivity contribution in [2.75, 3.05) is 0 Å². The minimum atomic E-state index is 0.663. The molecule has 0 aliphatic heterocycles. The van der Waals surface area contributed by atoms with E-state index in [0.717, 1.165) is 12.0 Å². The average Bonchev–Trinajstić information content (AvgIpc) is 2.71. The van der Waals surface area contributed by atoms with Gasteiger partial charge in [0.25, 0.3) is 0 Å². The molecule has 0 spiro atoms. The van der Waals surface area contributed by atoms with Gasteiger partial charge in [-0.3, -0.25) is 0 Å². The van der Waals surface area contributed by atoms with Gasteiger partial charge in [-0.1, -0.05) is 12.1 Å². The molecule has 0 amide bonds. The second-order valence-corrected chi connectivity index (χ2v) is 2.78. The fourth-order valence-corrected chi connectivity index (χ4v) is 1.18. The number of hydrogen-bond donors (Lipinski definition) is 0. The molecule has 0 aliphatic carbocycles. The monoisotopic (exact) mass is 172 g/mol. The van der Waals surface area contributed by atoms with E-state index in [1.807, 2.05) is 24.3 Å². The molecule has 2 nitrogen and oxygen atoms in total. The van der Waals surface area contributed by atoms with E-state index in [-0.39, 0.29) is 0 Å². The first-order valence-electron chi connectivity index (χ1n) is 4.18. The highest BCUT2D eigenvalue weighted by molar-refractivity contribution is 5.53. The van der Waals surface area contributed by atoms with E-state index in [4.69, 9.17) is 4.42 Å². The number of oxazole rings is 1. The van der Waals surface area contributed by atoms with E-state index in [1.54, 1.807) is 12.5 Å². The predicted molar refractivity (Wildman–Crippen MR) is 51.0 cm³/mol. The van der Waals surface area contributed by atoms with Crippen molar-refractivity contribution in [2.24, 2.45) is 0 Å². The Morgan fingerprint density at radius 3 is 2.54 bits per heavy atom. The van der Waals surface area contributed by atoms with Crippen molar-refractivity contribution in [1.82, 2.24) is 4.98 Å². The van der Waals surface area contributed by atoms with Crippen LogP contribution in [0.1, 0.15) is 5.56 Å². The summed E-state index contributed by atoms with van der Waals surface area (Å²) in [6.45, 7) is 3.81. The smallest absolute Gasteiger partial charge is 0.225 e. The molecule has 2 aromatic rings. The van der Waals surface area contributed by atoms with Crippen molar-refractivity contribution in [3.63, 3.8) is 0 Å². The summed E-state index contributed by atoms with van der Waals surface area (Å²) in [6, 6.07) is 8.05. The molecule has 0 saturated carbocycles. The van der Waals surface area contributed by atoms with Gasteiger partial charge in [-0.25, -0.2) is 4.98 Å². The maximum absolute atomic E-state index is 5.17. The molecule has 0 fully saturated rings. The lowest BCUT2D eigenvalue weighted by molar-refractivity contribution is 0.574. The summed E-state index contributed by atoms with van der Waals surface area (Å²) in [6.07, 6.45) is 4.03. The Labute approximate surface area is 77.2 Å². The molecule has 0 N–H and O–H groups in total. The van der Waals surface area contributed by atoms with E-state index >= 15 is 0 Å². The number of rotatable bonds is 2. The Morgan fingerprint density at radius 2 is 2.00 bits per heavy atom. The van der Waals surface area contributed by atoms with Gasteiger partial charge >= 0.3 is 0 Å². The summed E-state index contributed by atoms with van der Waals surface area (Å²) in [5.41, 5.74) is 2.22. The normalized spacial score (nSPS) is 10.2. The van der Waals surface area contributed by atoms with Crippen molar-refractivity contribution in [1.29, 1.82) is 0 Å². The quantitative estimate of drug-likeness (QED) is 0.696. The fraction of sp³-hybridized carbons (Fsp3) is 0.0909. The Bertz CT molecular complexity index is 361. The molecule has 0 aliphatic rings. The molecule has 1 radical (unpaired) electrons. The molecular weight excluding hydrogens is 162 g/mol. The highest BCUT2D eigenvalue weighted by Crippen LogP contribution is 2.17. The Kier molecular flexibility index (Phi) is 2.13. The van der Waals surface area contributed by atoms with Crippen LogP contribution in [0.3, 0.4) is 0 Å². The van der Waals surface area contributed by atoms with Crippen molar-refractivity contribution in [3.05, 3.63) is 49.2 Å². The lowest BCUT2D eigenvalue weighted by Gasteiger charge is -1.97. The molecule has 0 bridgehead atoms. The van der Waals surface area contributed by atoms with Gasteiger partial charge in [-0.05, 0) is 31.0 Å². The molecule has 2 rings (SSSR count). The zero-order valence-electron chi connectivity index (χ0n) is 7.23. The SMILES string of the molecule is [CH2]Cc1ccc(-c2ncco2)cc1. The summed E-state index contributed by atoms with van der Waals surface area (Å²) < 4.78 is 5.17. The van der Waals surface area contributed by atoms with Crippen LogP contribution in [0, 0.1) is 6.92 Å². The summed E-state index contributed by atoms with van der Waals surface area (Å²) in [5, 5.41) is 0. The number of aromatic nitrogens is 1. The van der Waals surface area contributed by atoms with E-state index < -0.39 is 0 Å². The topological polar surface area (TPSA) is 26.0 Å². The first-order chi connectivity index (χ1) is 6.40. The van der Waals surface area contributed by atoms with E-state index in [9.17, 15) is 0 Å². The van der Waals surface area contributed by atoms with Gasteiger partial charge in [0.05, 0.1) is 6.20 Å². The third kappa shape index (κ3) is 1.61. The van der Waals surface area contributed by atoms with Gasteiger partial charge in [-0.15, -0.1) is 0 Å². The van der Waals surface area contributed by atoms with Gasteiger partial charge in [0.2, 0.25) is 5.89 Å². The van der Waals surface area contributed by atoms with E-state index in [1.165, 1.54) is 5.56 Å². The lowest BCUT2D eigenvalue weighted by atomic mass is 10.1. The van der Waals surface area contributed by atoms with Crippen molar-refractivity contribution >= 4 is 0 Å². The largest absolute Gasteiger partial charge is 0.445 e. The molecule has 1 aromatic carbocycles. The van der Waals surface area contributed by atoms with Crippen LogP contribution in [0.25, 0.3) is 11.5 Å². The third-order valence-electron chi connectivity index (χ3n) is 1.92. The predicted octanol–water partition coefficient (Wildman–Crippen LogP) is 2.72. The molecule has 0 unspecified atom stereocenters. The van der Waals surface area contributed by atoms with Crippen LogP contribution in [0.15, 0.2) is 41.1 Å². The summed E-state index contributed by atoms with van der Waals surface area (Å²) in [4.78, 5) is 4.06. The minimum absolute atomic E-state index is 0.663. The highest BCUT2D eigenvalue weighted by atomic mass is 16.3. The van der Waals surface area contributed by atoms with Crippen LogP contribution in [0.4, 0.5) is 0 Å². The van der Waals surface area contributed by atoms with Crippen LogP contribution in [-0.2, 0) is 6.42 Å². The molecule has 0 saturated heterocycles. The summed E-state index contributed by atoms with van der Waals surface area (Å²) >= 11 is 0. The second kappa shape index (κ2) is 3.44. The summed E-state index contributed by atoms with van der Waals surface area (Å²) in [5.74, 6) is 0.663. The van der Waals surface area contributed by atoms with Gasteiger partial charge in [0.15, 0.2) is 0 Å². The van der Waals surface area contributed by atoms with Gasteiger partial charge in [-0.2, -0.15) is 0 Å². The van der Waals surface area contributed by atoms with Crippen molar-refractivity contribution < 1.29 is 4.42 Å². The molecule has 0 atom stereocenters. The Hall–Kier alpha value is -1.57. The summed E-state index contributed by atoms with van der Waals surface area (Å²) in [7, 11) is 0. The van der Waals surface area contributed by atoms with Gasteiger partial charge in [0, 0.05) is 5.56 Å². The molecular formula is C11H10NO. The van der Waals surface area contributed by atoms with Crippen LogP contribution in [0.5, 0.6) is 0 Å². The van der Waals surface area contributed by atoms with Gasteiger partial charge in [0.1, 0.15) is 6.26 Å². The van der Waals surface area contributed by atoms with Crippen molar-refractivity contribution in [2.45, 2.75) is 6.42 Å². The third-order valence-corrected chi connectivity index (χ3v) is 1.92. The number of hydrogen-bond acceptors (Lipinski definition) is 2. The molecule has 1 heterocycles. The van der Waals surface area contributed by atoms with Crippen molar-refractivity contribution in [3.8, 4) is 11.5 Å². The zero-order valence-corrected chi connectivity index (χ0v) is 7.23. The minimum Gasteiger partial charge on any atom is -0.445 e. The highest BCUT2D eigenvalue weighted by Gasteiger charge is 2.00. The molecule has 1 aromatic heterocycles. The van der Waals surface area contributed by atoms with Crippen LogP contribution >= 0.6 is 0 Å². The van der Waals surface area contributed by atoms with Crippen LogP contribution in [-0.4, -0.2) is 4.98 Å². The maximum Gasteiger partial charge on any atom is 0.225 e. The fourth-order valence-electron chi connectivity index (χ4n) is 1.18. The number of benzene rings is 1. The zero-order chi connectivity index (χ0) is 9.10. The Morgan fingerprint density at radius 1 is 1.23 bits per heavy atom. The standard InChI is InChI=1S/C11H10NO/c1-2-9-3-5-10(6-4-9)11-12-7-8-13-11/h3-8H,1-2H2. The molecule has 13 heavy (non-hydrogen) atoms. The second-order valence-electron chi connectivity index (χ2n) is 2.78. The molecule has 65 valence electrons. The lowest BCUT2D eigenvalue weighted by Crippen LogP contribution is -1.80. The first kappa shape index (κ1) is 8.05. The van der Waals surface area contributed by atoms with Crippen LogP contribution < -0.4 is 0 Å². The number of nitrogens with zero attached hydrogens (tertiary/aromatic N) is 1. The molecule has 2 heteroatoms. The van der Waals surface area contributed by atoms with E-state index in [2.05, 4.69) is 11.9 Å².